The number of hydrogen-bond acceptors (Lipinski definition) is 5. The first kappa shape index (κ1) is 17.0. The molecule has 0 atom stereocenters. The highest BCUT2D eigenvalue weighted by atomic mass is 32.1. The van der Waals surface area contributed by atoms with Gasteiger partial charge in [0.2, 0.25) is 0 Å². The van der Waals surface area contributed by atoms with Crippen LogP contribution in [0.25, 0.3) is 0 Å². The molecule has 0 amide bonds. The second kappa shape index (κ2) is 8.90. The van der Waals surface area contributed by atoms with Gasteiger partial charge >= 0.3 is 5.97 Å². The second-order valence-electron chi connectivity index (χ2n) is 5.44. The van der Waals surface area contributed by atoms with Crippen LogP contribution in [0.5, 0.6) is 5.06 Å². The van der Waals surface area contributed by atoms with Gasteiger partial charge < -0.3 is 14.6 Å². The monoisotopic (exact) mass is 326 g/mol. The molecular formula is C16H22O5S. The third kappa shape index (κ3) is 5.42. The molecule has 1 aromatic rings. The SMILES string of the molecule is O=C(O)C(=O)c1ccc(OCCOC2CCCCCCC2)s1. The Hall–Kier alpha value is -1.40. The molecule has 1 fully saturated rings. The first-order valence-corrected chi connectivity index (χ1v) is 8.60. The van der Waals surface area contributed by atoms with Gasteiger partial charge in [-0.2, -0.15) is 0 Å². The molecule has 1 aliphatic carbocycles. The van der Waals surface area contributed by atoms with Crippen molar-refractivity contribution in [1.82, 2.24) is 0 Å². The van der Waals surface area contributed by atoms with Crippen molar-refractivity contribution in [1.29, 1.82) is 0 Å². The van der Waals surface area contributed by atoms with E-state index in [0.717, 1.165) is 24.2 Å². The van der Waals surface area contributed by atoms with Crippen LogP contribution in [-0.4, -0.2) is 36.2 Å². The van der Waals surface area contributed by atoms with Gasteiger partial charge in [0.25, 0.3) is 5.78 Å². The van der Waals surface area contributed by atoms with E-state index in [1.807, 2.05) is 0 Å². The van der Waals surface area contributed by atoms with Crippen molar-refractivity contribution < 1.29 is 24.2 Å². The van der Waals surface area contributed by atoms with Crippen molar-refractivity contribution in [3.63, 3.8) is 0 Å². The quantitative estimate of drug-likeness (QED) is 0.471. The molecule has 2 rings (SSSR count). The Kier molecular flexibility index (Phi) is 6.86. The van der Waals surface area contributed by atoms with Crippen LogP contribution < -0.4 is 4.74 Å². The molecular weight excluding hydrogens is 304 g/mol. The van der Waals surface area contributed by atoms with Crippen molar-refractivity contribution in [3.8, 4) is 5.06 Å². The van der Waals surface area contributed by atoms with Crippen molar-refractivity contribution in [3.05, 3.63) is 17.0 Å². The summed E-state index contributed by atoms with van der Waals surface area (Å²) in [5.41, 5.74) is 0. The minimum Gasteiger partial charge on any atom is -0.482 e. The van der Waals surface area contributed by atoms with E-state index in [9.17, 15) is 9.59 Å². The summed E-state index contributed by atoms with van der Waals surface area (Å²) in [6.07, 6.45) is 8.97. The number of rotatable bonds is 7. The summed E-state index contributed by atoms with van der Waals surface area (Å²) >= 11 is 1.05. The highest BCUT2D eigenvalue weighted by Gasteiger charge is 2.17. The first-order valence-electron chi connectivity index (χ1n) is 7.78. The number of carbonyl (C=O) groups excluding carboxylic acids is 1. The molecule has 6 heteroatoms. The predicted molar refractivity (Wildman–Crippen MR) is 83.8 cm³/mol. The molecule has 1 aromatic heterocycles. The highest BCUT2D eigenvalue weighted by Crippen LogP contribution is 2.25. The maximum atomic E-state index is 11.3. The normalized spacial score (nSPS) is 16.7. The number of ether oxygens (including phenoxy) is 2. The Morgan fingerprint density at radius 1 is 1.09 bits per heavy atom. The number of Topliss-reactive ketones (excluding diaryl/α,β-unsaturated/α-hetero) is 1. The van der Waals surface area contributed by atoms with Gasteiger partial charge in [-0.1, -0.05) is 43.4 Å². The molecule has 1 aliphatic rings. The molecule has 0 aromatic carbocycles. The maximum absolute atomic E-state index is 11.3. The van der Waals surface area contributed by atoms with Crippen molar-refractivity contribution in [2.75, 3.05) is 13.2 Å². The molecule has 22 heavy (non-hydrogen) atoms. The van der Waals surface area contributed by atoms with Gasteiger partial charge in [-0.05, 0) is 25.0 Å². The minimum atomic E-state index is -1.44. The molecule has 1 heterocycles. The molecule has 0 radical (unpaired) electrons. The van der Waals surface area contributed by atoms with E-state index in [-0.39, 0.29) is 4.88 Å². The highest BCUT2D eigenvalue weighted by molar-refractivity contribution is 7.16. The van der Waals surface area contributed by atoms with E-state index in [1.54, 1.807) is 6.07 Å². The molecule has 5 nitrogen and oxygen atoms in total. The molecule has 1 N–H and O–H groups in total. The third-order valence-corrected chi connectivity index (χ3v) is 4.73. The molecule has 0 spiro atoms. The fourth-order valence-corrected chi connectivity index (χ4v) is 3.38. The molecule has 122 valence electrons. The Morgan fingerprint density at radius 3 is 2.45 bits per heavy atom. The summed E-state index contributed by atoms with van der Waals surface area (Å²) in [4.78, 5) is 22.1. The standard InChI is InChI=1S/C16H22O5S/c17-15(16(18)19)13-8-9-14(22-13)21-11-10-20-12-6-4-2-1-3-5-7-12/h8-9,12H,1-7,10-11H2,(H,18,19). The van der Waals surface area contributed by atoms with E-state index in [0.29, 0.717) is 24.4 Å². The van der Waals surface area contributed by atoms with Crippen molar-refractivity contribution >= 4 is 23.1 Å². The van der Waals surface area contributed by atoms with Gasteiger partial charge in [-0.15, -0.1) is 0 Å². The number of hydrogen-bond donors (Lipinski definition) is 1. The number of aliphatic carboxylic acids is 1. The fraction of sp³-hybridized carbons (Fsp3) is 0.625. The lowest BCUT2D eigenvalue weighted by Gasteiger charge is -2.20. The third-order valence-electron chi connectivity index (χ3n) is 3.73. The number of ketones is 1. The lowest BCUT2D eigenvalue weighted by atomic mass is 9.99. The summed E-state index contributed by atoms with van der Waals surface area (Å²) in [6.45, 7) is 0.933. The van der Waals surface area contributed by atoms with Crippen LogP contribution in [0.4, 0.5) is 0 Å². The largest absolute Gasteiger partial charge is 0.482 e. The Labute approximate surface area is 134 Å². The zero-order valence-electron chi connectivity index (χ0n) is 12.6. The van der Waals surface area contributed by atoms with Crippen LogP contribution in [0.3, 0.4) is 0 Å². The lowest BCUT2D eigenvalue weighted by Crippen LogP contribution is -2.18. The lowest BCUT2D eigenvalue weighted by molar-refractivity contribution is -0.131. The molecule has 1 saturated carbocycles. The molecule has 0 aliphatic heterocycles. The number of thiophene rings is 1. The van der Waals surface area contributed by atoms with E-state index in [4.69, 9.17) is 14.6 Å². The van der Waals surface area contributed by atoms with Gasteiger partial charge in [0.15, 0.2) is 5.06 Å². The summed E-state index contributed by atoms with van der Waals surface area (Å²) in [6, 6.07) is 3.10. The molecule has 0 unspecified atom stereocenters. The minimum absolute atomic E-state index is 0.184. The predicted octanol–water partition coefficient (Wildman–Crippen LogP) is 3.52. The Morgan fingerprint density at radius 2 is 1.77 bits per heavy atom. The first-order chi connectivity index (χ1) is 10.7. The van der Waals surface area contributed by atoms with E-state index < -0.39 is 11.8 Å². The number of carboxylic acids is 1. The van der Waals surface area contributed by atoms with Gasteiger partial charge in [-0.25, -0.2) is 4.79 Å². The van der Waals surface area contributed by atoms with Crippen LogP contribution in [-0.2, 0) is 9.53 Å². The molecule has 0 saturated heterocycles. The van der Waals surface area contributed by atoms with Gasteiger partial charge in [0.1, 0.15) is 6.61 Å². The summed E-state index contributed by atoms with van der Waals surface area (Å²) in [5.74, 6) is -2.34. The molecule has 0 bridgehead atoms. The summed E-state index contributed by atoms with van der Waals surface area (Å²) in [7, 11) is 0. The van der Waals surface area contributed by atoms with Crippen LogP contribution >= 0.6 is 11.3 Å². The van der Waals surface area contributed by atoms with Crippen molar-refractivity contribution in [2.24, 2.45) is 0 Å². The zero-order valence-corrected chi connectivity index (χ0v) is 13.4. The van der Waals surface area contributed by atoms with Gasteiger partial charge in [0.05, 0.1) is 17.6 Å². The van der Waals surface area contributed by atoms with E-state index in [1.165, 1.54) is 38.2 Å². The van der Waals surface area contributed by atoms with E-state index >= 15 is 0 Å². The summed E-state index contributed by atoms with van der Waals surface area (Å²) in [5, 5.41) is 9.19. The number of carbonyl (C=O) groups is 2. The van der Waals surface area contributed by atoms with E-state index in [2.05, 4.69) is 0 Å². The Bertz CT molecular complexity index is 488. The van der Waals surface area contributed by atoms with Crippen LogP contribution in [0.1, 0.15) is 54.6 Å². The van der Waals surface area contributed by atoms with Crippen LogP contribution in [0.2, 0.25) is 0 Å². The summed E-state index contributed by atoms with van der Waals surface area (Å²) < 4.78 is 11.4. The van der Waals surface area contributed by atoms with Crippen LogP contribution in [0.15, 0.2) is 12.1 Å². The Balaban J connectivity index is 1.68. The maximum Gasteiger partial charge on any atom is 0.378 e. The van der Waals surface area contributed by atoms with Crippen LogP contribution in [0, 0.1) is 0 Å². The fourth-order valence-electron chi connectivity index (χ4n) is 2.57. The van der Waals surface area contributed by atoms with Gasteiger partial charge in [0, 0.05) is 0 Å². The topological polar surface area (TPSA) is 72.8 Å². The average molecular weight is 326 g/mol. The zero-order chi connectivity index (χ0) is 15.8. The smallest absolute Gasteiger partial charge is 0.378 e. The second-order valence-corrected chi connectivity index (χ2v) is 6.49. The van der Waals surface area contributed by atoms with Gasteiger partial charge in [-0.3, -0.25) is 4.79 Å². The average Bonchev–Trinajstić information content (AvgIpc) is 2.93. The van der Waals surface area contributed by atoms with Crippen molar-refractivity contribution in [2.45, 2.75) is 51.0 Å². The number of carboxylic acid groups (broad SMARTS) is 1.